The maximum absolute atomic E-state index is 12.5. The molecule has 0 radical (unpaired) electrons. The lowest BCUT2D eigenvalue weighted by Crippen LogP contribution is -2.10. The van der Waals surface area contributed by atoms with E-state index in [1.54, 1.807) is 0 Å². The van der Waals surface area contributed by atoms with Gasteiger partial charge in [-0.05, 0) is 6.42 Å². The molecular weight excluding hydrogens is 323 g/mol. The molecule has 0 fully saturated rings. The first-order valence-electron chi connectivity index (χ1n) is 7.44. The molecule has 0 rings (SSSR count). The van der Waals surface area contributed by atoms with Crippen LogP contribution in [0, 0.1) is 0 Å². The lowest BCUT2D eigenvalue weighted by atomic mass is 10.2. The van der Waals surface area contributed by atoms with Crippen LogP contribution in [0.3, 0.4) is 0 Å². The fraction of sp³-hybridized carbons (Fsp3) is 0.600. The zero-order valence-electron chi connectivity index (χ0n) is 13.5. The molecule has 0 aromatic heterocycles. The van der Waals surface area contributed by atoms with E-state index in [2.05, 4.69) is 29.6 Å². The van der Waals surface area contributed by atoms with E-state index in [9.17, 15) is 14.2 Å². The highest BCUT2D eigenvalue weighted by atomic mass is 31.2. The Morgan fingerprint density at radius 1 is 0.913 bits per heavy atom. The molecule has 0 amide bonds. The molecule has 23 heavy (non-hydrogen) atoms. The van der Waals surface area contributed by atoms with Gasteiger partial charge in [0, 0.05) is 12.2 Å². The number of esters is 2. The molecule has 0 aliphatic rings. The Morgan fingerprint density at radius 3 is 1.83 bits per heavy atom. The van der Waals surface area contributed by atoms with E-state index < -0.39 is 33.1 Å². The van der Waals surface area contributed by atoms with Crippen molar-refractivity contribution in [2.45, 2.75) is 39.0 Å². The number of carbonyl (C=O) groups is 2. The van der Waals surface area contributed by atoms with Gasteiger partial charge in [-0.2, -0.15) is 0 Å². The third kappa shape index (κ3) is 11.8. The van der Waals surface area contributed by atoms with Gasteiger partial charge in [-0.3, -0.25) is 13.6 Å². The predicted octanol–water partition coefficient (Wildman–Crippen LogP) is 3.56. The summed E-state index contributed by atoms with van der Waals surface area (Å²) in [6, 6.07) is 0. The normalized spacial score (nSPS) is 10.8. The van der Waals surface area contributed by atoms with Crippen LogP contribution < -0.4 is 0 Å². The van der Waals surface area contributed by atoms with Gasteiger partial charge in [-0.25, -0.2) is 9.59 Å². The van der Waals surface area contributed by atoms with E-state index >= 15 is 0 Å². The molecule has 0 atom stereocenters. The van der Waals surface area contributed by atoms with Crippen LogP contribution in [-0.2, 0) is 32.7 Å². The van der Waals surface area contributed by atoms with Crippen LogP contribution >= 0.6 is 7.60 Å². The van der Waals surface area contributed by atoms with Gasteiger partial charge in [0.15, 0.2) is 0 Å². The molecule has 0 spiro atoms. The SMILES string of the molecule is C=CC(=O)OCOP(=O)(CCCCCCC)OCOC(=O)C=C. The Balaban J connectivity index is 4.34. The second-order valence-electron chi connectivity index (χ2n) is 4.58. The van der Waals surface area contributed by atoms with Crippen LogP contribution in [0.1, 0.15) is 39.0 Å². The topological polar surface area (TPSA) is 88.1 Å². The third-order valence-corrected chi connectivity index (χ3v) is 4.63. The molecule has 8 heteroatoms. The van der Waals surface area contributed by atoms with E-state index in [1.807, 2.05) is 0 Å². The molecule has 0 heterocycles. The van der Waals surface area contributed by atoms with E-state index in [0.29, 0.717) is 6.42 Å². The highest BCUT2D eigenvalue weighted by Crippen LogP contribution is 2.49. The van der Waals surface area contributed by atoms with Gasteiger partial charge in [-0.15, -0.1) is 0 Å². The summed E-state index contributed by atoms with van der Waals surface area (Å²) in [6.45, 7) is 7.52. The van der Waals surface area contributed by atoms with E-state index in [4.69, 9.17) is 9.05 Å². The fourth-order valence-electron chi connectivity index (χ4n) is 1.52. The molecule has 0 saturated heterocycles. The van der Waals surface area contributed by atoms with Crippen molar-refractivity contribution in [3.05, 3.63) is 25.3 Å². The van der Waals surface area contributed by atoms with Gasteiger partial charge in [0.05, 0.1) is 6.16 Å². The number of rotatable bonds is 14. The summed E-state index contributed by atoms with van der Waals surface area (Å²) >= 11 is 0. The predicted molar refractivity (Wildman–Crippen MR) is 85.7 cm³/mol. The molecule has 0 aliphatic carbocycles. The Morgan fingerprint density at radius 2 is 1.39 bits per heavy atom. The van der Waals surface area contributed by atoms with Crippen LogP contribution in [0.25, 0.3) is 0 Å². The van der Waals surface area contributed by atoms with E-state index in [0.717, 1.165) is 37.8 Å². The first-order valence-corrected chi connectivity index (χ1v) is 9.16. The van der Waals surface area contributed by atoms with Crippen molar-refractivity contribution in [3.63, 3.8) is 0 Å². The third-order valence-electron chi connectivity index (χ3n) is 2.77. The average molecular weight is 348 g/mol. The summed E-state index contributed by atoms with van der Waals surface area (Å²) in [6.07, 6.45) is 6.80. The van der Waals surface area contributed by atoms with Crippen LogP contribution in [0.2, 0.25) is 0 Å². The van der Waals surface area contributed by atoms with E-state index in [-0.39, 0.29) is 6.16 Å². The summed E-state index contributed by atoms with van der Waals surface area (Å²) in [5.41, 5.74) is 0. The molecule has 132 valence electrons. The largest absolute Gasteiger partial charge is 0.435 e. The van der Waals surface area contributed by atoms with Gasteiger partial charge in [-0.1, -0.05) is 45.8 Å². The smallest absolute Gasteiger partial charge is 0.336 e. The first-order chi connectivity index (χ1) is 11.0. The fourth-order valence-corrected chi connectivity index (χ4v) is 2.89. The van der Waals surface area contributed by atoms with Crippen molar-refractivity contribution in [2.24, 2.45) is 0 Å². The maximum Gasteiger partial charge on any atom is 0.336 e. The number of ether oxygens (including phenoxy) is 2. The quantitative estimate of drug-likeness (QED) is 0.156. The van der Waals surface area contributed by atoms with Crippen molar-refractivity contribution in [2.75, 3.05) is 19.7 Å². The Labute approximate surface area is 137 Å². The van der Waals surface area contributed by atoms with Crippen molar-refractivity contribution in [1.82, 2.24) is 0 Å². The van der Waals surface area contributed by atoms with Gasteiger partial charge in [0.1, 0.15) is 0 Å². The average Bonchev–Trinajstić information content (AvgIpc) is 2.54. The standard InChI is InChI=1S/C15H25O7P/c1-4-7-8-9-10-11-23(18,21-12-19-14(16)5-2)22-13-20-15(17)6-3/h5-6H,2-4,7-13H2,1H3. The molecule has 0 bridgehead atoms. The van der Waals surface area contributed by atoms with Crippen molar-refractivity contribution in [3.8, 4) is 0 Å². The summed E-state index contributed by atoms with van der Waals surface area (Å²) < 4.78 is 31.9. The molecule has 0 aromatic carbocycles. The number of hydrogen-bond donors (Lipinski definition) is 0. The Hall–Kier alpha value is -1.43. The highest BCUT2D eigenvalue weighted by Gasteiger charge is 2.25. The Bertz CT molecular complexity index is 404. The minimum Gasteiger partial charge on any atom is -0.435 e. The number of carbonyl (C=O) groups excluding carboxylic acids is 2. The zero-order chi connectivity index (χ0) is 17.6. The van der Waals surface area contributed by atoms with Gasteiger partial charge >= 0.3 is 19.5 Å². The molecule has 0 aromatic rings. The Kier molecular flexibility index (Phi) is 12.2. The molecule has 0 saturated carbocycles. The maximum atomic E-state index is 12.5. The number of hydrogen-bond acceptors (Lipinski definition) is 7. The highest BCUT2D eigenvalue weighted by molar-refractivity contribution is 7.53. The van der Waals surface area contributed by atoms with Gasteiger partial charge < -0.3 is 9.47 Å². The minimum absolute atomic E-state index is 0.147. The zero-order valence-corrected chi connectivity index (χ0v) is 14.4. The van der Waals surface area contributed by atoms with Gasteiger partial charge in [0.2, 0.25) is 13.6 Å². The number of unbranched alkanes of at least 4 members (excludes halogenated alkanes) is 4. The van der Waals surface area contributed by atoms with Crippen LogP contribution in [0.5, 0.6) is 0 Å². The molecule has 7 nitrogen and oxygen atoms in total. The molecule has 0 aliphatic heterocycles. The van der Waals surface area contributed by atoms with Gasteiger partial charge in [0.25, 0.3) is 0 Å². The summed E-state index contributed by atoms with van der Waals surface area (Å²) in [5.74, 6) is -1.39. The summed E-state index contributed by atoms with van der Waals surface area (Å²) in [5, 5.41) is 0. The summed E-state index contributed by atoms with van der Waals surface area (Å²) in [7, 11) is -3.52. The lowest BCUT2D eigenvalue weighted by molar-refractivity contribution is -0.146. The van der Waals surface area contributed by atoms with Crippen molar-refractivity contribution < 1.29 is 32.7 Å². The van der Waals surface area contributed by atoms with Crippen LogP contribution in [0.4, 0.5) is 0 Å². The van der Waals surface area contributed by atoms with E-state index in [1.165, 1.54) is 0 Å². The summed E-state index contributed by atoms with van der Waals surface area (Å²) in [4.78, 5) is 21.9. The van der Waals surface area contributed by atoms with Crippen LogP contribution in [0.15, 0.2) is 25.3 Å². The first kappa shape index (κ1) is 21.6. The molecule has 0 N–H and O–H groups in total. The lowest BCUT2D eigenvalue weighted by Gasteiger charge is -2.18. The van der Waals surface area contributed by atoms with Crippen molar-refractivity contribution >= 4 is 19.5 Å². The van der Waals surface area contributed by atoms with Crippen LogP contribution in [-0.4, -0.2) is 31.7 Å². The molecular formula is C15H25O7P. The second-order valence-corrected chi connectivity index (χ2v) is 6.76. The minimum atomic E-state index is -3.52. The van der Waals surface area contributed by atoms with Crippen molar-refractivity contribution in [1.29, 1.82) is 0 Å². The molecule has 0 unspecified atom stereocenters. The second kappa shape index (κ2) is 13.0. The monoisotopic (exact) mass is 348 g/mol.